The van der Waals surface area contributed by atoms with Crippen molar-refractivity contribution in [1.29, 1.82) is 0 Å². The number of piperazine rings is 1. The van der Waals surface area contributed by atoms with Crippen LogP contribution in [-0.4, -0.2) is 60.0 Å². The van der Waals surface area contributed by atoms with Gasteiger partial charge in [-0.25, -0.2) is 9.97 Å². The zero-order valence-corrected chi connectivity index (χ0v) is 17.3. The van der Waals surface area contributed by atoms with E-state index in [2.05, 4.69) is 64.8 Å². The largest absolute Gasteiger partial charge is 0.368 e. The number of amides is 1. The number of aromatic nitrogens is 2. The van der Waals surface area contributed by atoms with E-state index in [0.717, 1.165) is 44.8 Å². The van der Waals surface area contributed by atoms with Crippen LogP contribution in [0.25, 0.3) is 0 Å². The van der Waals surface area contributed by atoms with Crippen molar-refractivity contribution < 1.29 is 4.79 Å². The van der Waals surface area contributed by atoms with E-state index in [1.807, 2.05) is 4.90 Å². The van der Waals surface area contributed by atoms with Crippen molar-refractivity contribution in [3.05, 3.63) is 47.9 Å². The fraction of sp³-hybridized carbons (Fsp3) is 0.500. The average Bonchev–Trinajstić information content (AvgIpc) is 2.73. The Bertz CT molecular complexity index is 763. The van der Waals surface area contributed by atoms with Crippen molar-refractivity contribution in [2.75, 3.05) is 49.1 Å². The average molecular weight is 382 g/mol. The SMILES string of the molecule is CCCN(CCC)c1cnc(C(=O)N2CCN(c3cccc(C)c3)CC2)cn1. The van der Waals surface area contributed by atoms with Crippen LogP contribution < -0.4 is 9.80 Å². The molecule has 3 rings (SSSR count). The first kappa shape index (κ1) is 20.1. The van der Waals surface area contributed by atoms with Crippen molar-refractivity contribution in [2.45, 2.75) is 33.6 Å². The Hall–Kier alpha value is -2.63. The second-order valence-electron chi connectivity index (χ2n) is 7.37. The summed E-state index contributed by atoms with van der Waals surface area (Å²) in [4.78, 5) is 28.2. The summed E-state index contributed by atoms with van der Waals surface area (Å²) in [6, 6.07) is 8.51. The molecule has 2 aromatic rings. The minimum absolute atomic E-state index is 0.0273. The number of benzene rings is 1. The molecular weight excluding hydrogens is 350 g/mol. The highest BCUT2D eigenvalue weighted by molar-refractivity contribution is 5.92. The lowest BCUT2D eigenvalue weighted by Crippen LogP contribution is -2.49. The van der Waals surface area contributed by atoms with E-state index in [0.29, 0.717) is 18.8 Å². The summed E-state index contributed by atoms with van der Waals surface area (Å²) < 4.78 is 0. The van der Waals surface area contributed by atoms with E-state index < -0.39 is 0 Å². The van der Waals surface area contributed by atoms with Crippen molar-refractivity contribution >= 4 is 17.4 Å². The zero-order chi connectivity index (χ0) is 19.9. The Morgan fingerprint density at radius 1 is 1.04 bits per heavy atom. The molecule has 1 saturated heterocycles. The van der Waals surface area contributed by atoms with Crippen LogP contribution in [0.15, 0.2) is 36.7 Å². The third-order valence-electron chi connectivity index (χ3n) is 5.10. The Morgan fingerprint density at radius 2 is 1.75 bits per heavy atom. The number of hydrogen-bond acceptors (Lipinski definition) is 5. The van der Waals surface area contributed by atoms with E-state index in [9.17, 15) is 4.79 Å². The van der Waals surface area contributed by atoms with Gasteiger partial charge in [0.2, 0.25) is 0 Å². The molecule has 0 bridgehead atoms. The molecule has 0 saturated carbocycles. The highest BCUT2D eigenvalue weighted by Gasteiger charge is 2.23. The van der Waals surface area contributed by atoms with Crippen LogP contribution in [0, 0.1) is 6.92 Å². The number of carbonyl (C=O) groups excluding carboxylic acids is 1. The number of nitrogens with zero attached hydrogens (tertiary/aromatic N) is 5. The molecule has 6 heteroatoms. The molecule has 0 aliphatic carbocycles. The summed E-state index contributed by atoms with van der Waals surface area (Å²) in [6.45, 7) is 11.4. The van der Waals surface area contributed by atoms with E-state index in [1.165, 1.54) is 11.3 Å². The third-order valence-corrected chi connectivity index (χ3v) is 5.10. The van der Waals surface area contributed by atoms with Crippen LogP contribution in [0.5, 0.6) is 0 Å². The van der Waals surface area contributed by atoms with E-state index in [1.54, 1.807) is 12.4 Å². The fourth-order valence-electron chi connectivity index (χ4n) is 3.63. The molecule has 2 heterocycles. The van der Waals surface area contributed by atoms with Crippen LogP contribution in [0.3, 0.4) is 0 Å². The maximum Gasteiger partial charge on any atom is 0.274 e. The van der Waals surface area contributed by atoms with Crippen LogP contribution in [0.4, 0.5) is 11.5 Å². The molecule has 28 heavy (non-hydrogen) atoms. The maximum atomic E-state index is 12.8. The second kappa shape index (κ2) is 9.53. The molecule has 1 fully saturated rings. The topological polar surface area (TPSA) is 52.6 Å². The fourth-order valence-corrected chi connectivity index (χ4v) is 3.63. The summed E-state index contributed by atoms with van der Waals surface area (Å²) in [6.07, 6.45) is 5.49. The number of anilines is 2. The monoisotopic (exact) mass is 381 g/mol. The van der Waals surface area contributed by atoms with Gasteiger partial charge in [0, 0.05) is 45.0 Å². The summed E-state index contributed by atoms with van der Waals surface area (Å²) in [7, 11) is 0. The summed E-state index contributed by atoms with van der Waals surface area (Å²) >= 11 is 0. The molecular formula is C22H31N5O. The summed E-state index contributed by atoms with van der Waals surface area (Å²) in [5, 5.41) is 0. The first-order valence-electron chi connectivity index (χ1n) is 10.3. The molecule has 0 unspecified atom stereocenters. The van der Waals surface area contributed by atoms with Crippen LogP contribution >= 0.6 is 0 Å². The minimum atomic E-state index is -0.0273. The molecule has 6 nitrogen and oxygen atoms in total. The molecule has 1 aromatic heterocycles. The van der Waals surface area contributed by atoms with Crippen LogP contribution in [0.2, 0.25) is 0 Å². The molecule has 1 aromatic carbocycles. The Labute approximate surface area is 168 Å². The summed E-state index contributed by atoms with van der Waals surface area (Å²) in [5.74, 6) is 0.824. The van der Waals surface area contributed by atoms with Gasteiger partial charge in [-0.1, -0.05) is 26.0 Å². The zero-order valence-electron chi connectivity index (χ0n) is 17.3. The Kier molecular flexibility index (Phi) is 6.85. The maximum absolute atomic E-state index is 12.8. The smallest absolute Gasteiger partial charge is 0.274 e. The first-order valence-corrected chi connectivity index (χ1v) is 10.3. The van der Waals surface area contributed by atoms with Gasteiger partial charge in [0.05, 0.1) is 12.4 Å². The van der Waals surface area contributed by atoms with Gasteiger partial charge in [-0.05, 0) is 37.5 Å². The quantitative estimate of drug-likeness (QED) is 0.736. The number of aryl methyl sites for hydroxylation is 1. The van der Waals surface area contributed by atoms with Crippen molar-refractivity contribution in [3.8, 4) is 0 Å². The number of rotatable bonds is 7. The van der Waals surface area contributed by atoms with Crippen molar-refractivity contribution in [2.24, 2.45) is 0 Å². The van der Waals surface area contributed by atoms with Crippen molar-refractivity contribution in [1.82, 2.24) is 14.9 Å². The Balaban J connectivity index is 1.60. The van der Waals surface area contributed by atoms with E-state index in [4.69, 9.17) is 0 Å². The molecule has 0 atom stereocenters. The lowest BCUT2D eigenvalue weighted by Gasteiger charge is -2.36. The highest BCUT2D eigenvalue weighted by atomic mass is 16.2. The van der Waals surface area contributed by atoms with Gasteiger partial charge < -0.3 is 14.7 Å². The van der Waals surface area contributed by atoms with Gasteiger partial charge in [-0.15, -0.1) is 0 Å². The molecule has 150 valence electrons. The molecule has 0 N–H and O–H groups in total. The Morgan fingerprint density at radius 3 is 2.32 bits per heavy atom. The number of hydrogen-bond donors (Lipinski definition) is 0. The predicted octanol–water partition coefficient (Wildman–Crippen LogP) is 3.37. The standard InChI is InChI=1S/C22H31N5O/c1-4-9-26(10-5-2)21-17-23-20(16-24-21)22(28)27-13-11-25(12-14-27)19-8-6-7-18(3)15-19/h6-8,15-17H,4-5,9-14H2,1-3H3. The van der Waals surface area contributed by atoms with E-state index in [-0.39, 0.29) is 5.91 Å². The molecule has 0 radical (unpaired) electrons. The molecule has 1 amide bonds. The van der Waals surface area contributed by atoms with Crippen LogP contribution in [-0.2, 0) is 0 Å². The minimum Gasteiger partial charge on any atom is -0.368 e. The van der Waals surface area contributed by atoms with Gasteiger partial charge in [0.25, 0.3) is 5.91 Å². The highest BCUT2D eigenvalue weighted by Crippen LogP contribution is 2.19. The molecule has 1 aliphatic heterocycles. The van der Waals surface area contributed by atoms with Crippen molar-refractivity contribution in [3.63, 3.8) is 0 Å². The lowest BCUT2D eigenvalue weighted by molar-refractivity contribution is 0.0740. The van der Waals surface area contributed by atoms with Gasteiger partial charge in [-0.2, -0.15) is 0 Å². The summed E-state index contributed by atoms with van der Waals surface area (Å²) in [5.41, 5.74) is 2.91. The van der Waals surface area contributed by atoms with E-state index >= 15 is 0 Å². The second-order valence-corrected chi connectivity index (χ2v) is 7.37. The third kappa shape index (κ3) is 4.80. The first-order chi connectivity index (χ1) is 13.6. The van der Waals surface area contributed by atoms with Gasteiger partial charge in [-0.3, -0.25) is 4.79 Å². The predicted molar refractivity (Wildman–Crippen MR) is 114 cm³/mol. The van der Waals surface area contributed by atoms with Gasteiger partial charge in [0.1, 0.15) is 11.5 Å². The molecule has 0 spiro atoms. The van der Waals surface area contributed by atoms with Gasteiger partial charge >= 0.3 is 0 Å². The van der Waals surface area contributed by atoms with Gasteiger partial charge in [0.15, 0.2) is 0 Å². The number of carbonyl (C=O) groups is 1. The molecule has 1 aliphatic rings. The van der Waals surface area contributed by atoms with Crippen LogP contribution in [0.1, 0.15) is 42.7 Å². The lowest BCUT2D eigenvalue weighted by atomic mass is 10.2. The normalized spacial score (nSPS) is 14.2.